The molecule has 0 aliphatic carbocycles. The highest BCUT2D eigenvalue weighted by atomic mass is 16.5. The van der Waals surface area contributed by atoms with Crippen molar-refractivity contribution in [3.63, 3.8) is 0 Å². The van der Waals surface area contributed by atoms with Crippen LogP contribution in [0.25, 0.3) is 0 Å². The molecule has 1 N–H and O–H groups in total. The molecule has 0 bridgehead atoms. The van der Waals surface area contributed by atoms with Crippen LogP contribution in [-0.2, 0) is 4.74 Å². The summed E-state index contributed by atoms with van der Waals surface area (Å²) in [6.45, 7) is 5.63. The van der Waals surface area contributed by atoms with Crippen molar-refractivity contribution in [2.24, 2.45) is 0 Å². The highest BCUT2D eigenvalue weighted by Gasteiger charge is 2.28. The normalized spacial score (nSPS) is 24.0. The Labute approximate surface area is 118 Å². The monoisotopic (exact) mass is 276 g/mol. The van der Waals surface area contributed by atoms with Crippen LogP contribution in [0.4, 0.5) is 5.69 Å². The third-order valence-corrected chi connectivity index (χ3v) is 4.18. The van der Waals surface area contributed by atoms with Crippen LogP contribution in [0, 0.1) is 0 Å². The molecule has 0 spiro atoms. The van der Waals surface area contributed by atoms with E-state index >= 15 is 0 Å². The first kappa shape index (κ1) is 13.4. The van der Waals surface area contributed by atoms with Crippen molar-refractivity contribution in [3.8, 4) is 0 Å². The maximum absolute atomic E-state index is 11.0. The van der Waals surface area contributed by atoms with Gasteiger partial charge >= 0.3 is 5.97 Å². The van der Waals surface area contributed by atoms with Crippen LogP contribution in [0.2, 0.25) is 0 Å². The van der Waals surface area contributed by atoms with Gasteiger partial charge in [-0.15, -0.1) is 0 Å². The number of carboxylic acids is 1. The Bertz CT molecular complexity index is 486. The molecule has 2 heterocycles. The molecule has 1 unspecified atom stereocenters. The van der Waals surface area contributed by atoms with E-state index in [1.165, 1.54) is 0 Å². The lowest BCUT2D eigenvalue weighted by Gasteiger charge is -2.32. The quantitative estimate of drug-likeness (QED) is 0.901. The van der Waals surface area contributed by atoms with Crippen LogP contribution >= 0.6 is 0 Å². The molecule has 2 aliphatic rings. The van der Waals surface area contributed by atoms with Crippen molar-refractivity contribution in [2.45, 2.75) is 12.5 Å². The minimum Gasteiger partial charge on any atom is -0.478 e. The first-order chi connectivity index (χ1) is 9.74. The van der Waals surface area contributed by atoms with E-state index in [0.29, 0.717) is 11.6 Å². The van der Waals surface area contributed by atoms with Gasteiger partial charge < -0.3 is 14.7 Å². The van der Waals surface area contributed by atoms with Gasteiger partial charge in [0.05, 0.1) is 18.8 Å². The molecular formula is C15H20N2O3. The minimum absolute atomic E-state index is 0.359. The highest BCUT2D eigenvalue weighted by molar-refractivity contribution is 5.88. The zero-order chi connectivity index (χ0) is 13.9. The first-order valence-electron chi connectivity index (χ1n) is 7.14. The SMILES string of the molecule is O=C(O)c1cccc(N2CCC(N3CCOCC3)C2)c1. The summed E-state index contributed by atoms with van der Waals surface area (Å²) in [7, 11) is 0. The molecule has 0 aromatic heterocycles. The predicted octanol–water partition coefficient (Wildman–Crippen LogP) is 1.30. The van der Waals surface area contributed by atoms with Gasteiger partial charge in [0.1, 0.15) is 0 Å². The van der Waals surface area contributed by atoms with Gasteiger partial charge in [-0.3, -0.25) is 4.90 Å². The molecule has 0 radical (unpaired) electrons. The lowest BCUT2D eigenvalue weighted by Crippen LogP contribution is -2.44. The van der Waals surface area contributed by atoms with Gasteiger partial charge in [-0.25, -0.2) is 4.79 Å². The number of benzene rings is 1. The first-order valence-corrected chi connectivity index (χ1v) is 7.14. The largest absolute Gasteiger partial charge is 0.478 e. The van der Waals surface area contributed by atoms with E-state index in [9.17, 15) is 4.79 Å². The molecule has 3 rings (SSSR count). The number of carbonyl (C=O) groups is 1. The second-order valence-electron chi connectivity index (χ2n) is 5.39. The van der Waals surface area contributed by atoms with Crippen LogP contribution in [0.3, 0.4) is 0 Å². The molecule has 2 fully saturated rings. The summed E-state index contributed by atoms with van der Waals surface area (Å²) >= 11 is 0. The highest BCUT2D eigenvalue weighted by Crippen LogP contribution is 2.24. The average molecular weight is 276 g/mol. The summed E-state index contributed by atoms with van der Waals surface area (Å²) in [5.74, 6) is -0.865. The molecule has 0 amide bonds. The summed E-state index contributed by atoms with van der Waals surface area (Å²) < 4.78 is 5.39. The fourth-order valence-electron chi connectivity index (χ4n) is 3.05. The Morgan fingerprint density at radius 3 is 2.80 bits per heavy atom. The molecule has 1 aromatic rings. The van der Waals surface area contributed by atoms with Gasteiger partial charge in [0.25, 0.3) is 0 Å². The molecule has 1 atom stereocenters. The number of hydrogen-bond acceptors (Lipinski definition) is 4. The fraction of sp³-hybridized carbons (Fsp3) is 0.533. The van der Waals surface area contributed by atoms with Crippen molar-refractivity contribution >= 4 is 11.7 Å². The summed E-state index contributed by atoms with van der Waals surface area (Å²) in [6, 6.07) is 7.78. The number of ether oxygens (including phenoxy) is 1. The van der Waals surface area contributed by atoms with E-state index in [-0.39, 0.29) is 0 Å². The van der Waals surface area contributed by atoms with Crippen LogP contribution in [-0.4, -0.2) is 61.4 Å². The minimum atomic E-state index is -0.865. The van der Waals surface area contributed by atoms with E-state index < -0.39 is 5.97 Å². The molecule has 2 aliphatic heterocycles. The zero-order valence-electron chi connectivity index (χ0n) is 11.5. The Hall–Kier alpha value is -1.59. The van der Waals surface area contributed by atoms with E-state index in [1.54, 1.807) is 12.1 Å². The molecule has 2 saturated heterocycles. The summed E-state index contributed by atoms with van der Waals surface area (Å²) in [4.78, 5) is 15.8. The predicted molar refractivity (Wildman–Crippen MR) is 76.4 cm³/mol. The average Bonchev–Trinajstić information content (AvgIpc) is 2.98. The Morgan fingerprint density at radius 1 is 1.25 bits per heavy atom. The fourth-order valence-corrected chi connectivity index (χ4v) is 3.05. The molecule has 1 aromatic carbocycles. The molecule has 5 nitrogen and oxygen atoms in total. The second-order valence-corrected chi connectivity index (χ2v) is 5.39. The van der Waals surface area contributed by atoms with Gasteiger partial charge in [0, 0.05) is 37.9 Å². The topological polar surface area (TPSA) is 53.0 Å². The third kappa shape index (κ3) is 2.78. The van der Waals surface area contributed by atoms with E-state index in [0.717, 1.165) is 51.5 Å². The standard InChI is InChI=1S/C15H20N2O3/c18-15(19)12-2-1-3-13(10-12)17-5-4-14(11-17)16-6-8-20-9-7-16/h1-3,10,14H,4-9,11H2,(H,18,19). The van der Waals surface area contributed by atoms with Gasteiger partial charge in [-0.1, -0.05) is 6.07 Å². The molecular weight excluding hydrogens is 256 g/mol. The molecule has 20 heavy (non-hydrogen) atoms. The lowest BCUT2D eigenvalue weighted by molar-refractivity contribution is 0.0209. The summed E-state index contributed by atoms with van der Waals surface area (Å²) in [6.07, 6.45) is 1.14. The lowest BCUT2D eigenvalue weighted by atomic mass is 10.2. The maximum atomic E-state index is 11.0. The smallest absolute Gasteiger partial charge is 0.335 e. The van der Waals surface area contributed by atoms with Gasteiger partial charge in [-0.2, -0.15) is 0 Å². The number of rotatable bonds is 3. The Kier molecular flexibility index (Phi) is 3.89. The van der Waals surface area contributed by atoms with E-state index in [4.69, 9.17) is 9.84 Å². The Balaban J connectivity index is 1.67. The van der Waals surface area contributed by atoms with Crippen LogP contribution < -0.4 is 4.90 Å². The third-order valence-electron chi connectivity index (χ3n) is 4.18. The Morgan fingerprint density at radius 2 is 2.05 bits per heavy atom. The van der Waals surface area contributed by atoms with Gasteiger partial charge in [0.2, 0.25) is 0 Å². The number of aromatic carboxylic acids is 1. The summed E-state index contributed by atoms with van der Waals surface area (Å²) in [5.41, 5.74) is 1.37. The second kappa shape index (κ2) is 5.81. The van der Waals surface area contributed by atoms with E-state index in [2.05, 4.69) is 9.80 Å². The number of hydrogen-bond donors (Lipinski definition) is 1. The number of carboxylic acid groups (broad SMARTS) is 1. The summed E-state index contributed by atoms with van der Waals surface area (Å²) in [5, 5.41) is 9.07. The van der Waals surface area contributed by atoms with Crippen molar-refractivity contribution < 1.29 is 14.6 Å². The number of nitrogens with zero attached hydrogens (tertiary/aromatic N) is 2. The molecule has 108 valence electrons. The molecule has 0 saturated carbocycles. The van der Waals surface area contributed by atoms with E-state index in [1.807, 2.05) is 12.1 Å². The van der Waals surface area contributed by atoms with Crippen molar-refractivity contribution in [1.82, 2.24) is 4.90 Å². The van der Waals surface area contributed by atoms with Gasteiger partial charge in [-0.05, 0) is 24.6 Å². The van der Waals surface area contributed by atoms with Crippen LogP contribution in [0.1, 0.15) is 16.8 Å². The van der Waals surface area contributed by atoms with Crippen molar-refractivity contribution in [3.05, 3.63) is 29.8 Å². The zero-order valence-corrected chi connectivity index (χ0v) is 11.5. The number of morpholine rings is 1. The van der Waals surface area contributed by atoms with Crippen molar-refractivity contribution in [1.29, 1.82) is 0 Å². The van der Waals surface area contributed by atoms with Crippen LogP contribution in [0.5, 0.6) is 0 Å². The maximum Gasteiger partial charge on any atom is 0.335 e. The van der Waals surface area contributed by atoms with Crippen LogP contribution in [0.15, 0.2) is 24.3 Å². The number of anilines is 1. The molecule has 5 heteroatoms. The van der Waals surface area contributed by atoms with Gasteiger partial charge in [0.15, 0.2) is 0 Å². The van der Waals surface area contributed by atoms with Crippen molar-refractivity contribution in [2.75, 3.05) is 44.3 Å².